The second-order valence-corrected chi connectivity index (χ2v) is 10.1. The summed E-state index contributed by atoms with van der Waals surface area (Å²) in [6.45, 7) is 5.62. The fraction of sp³-hybridized carbons (Fsp3) is 0.381. The molecule has 0 radical (unpaired) electrons. The Balaban J connectivity index is 1.61. The van der Waals surface area contributed by atoms with Crippen molar-refractivity contribution in [1.82, 2.24) is 24.5 Å². The first-order chi connectivity index (χ1) is 15.3. The fourth-order valence-electron chi connectivity index (χ4n) is 3.13. The van der Waals surface area contributed by atoms with Crippen molar-refractivity contribution >= 4 is 21.6 Å². The number of H-pyrrole nitrogens is 1. The zero-order valence-corrected chi connectivity index (χ0v) is 19.6. The SMILES string of the molecule is COc1cc(-c2n[nH]c(S(=O)(=O)N3CCC3)n2)ccc1-c1cnc(OCC(C)C)c(Cl)c1. The van der Waals surface area contributed by atoms with Crippen molar-refractivity contribution in [3.05, 3.63) is 35.5 Å². The summed E-state index contributed by atoms with van der Waals surface area (Å²) in [6.07, 6.45) is 2.52. The Hall–Kier alpha value is -2.69. The molecule has 3 heterocycles. The molecule has 0 aliphatic carbocycles. The van der Waals surface area contributed by atoms with Gasteiger partial charge in [0.25, 0.3) is 15.2 Å². The first-order valence-electron chi connectivity index (χ1n) is 10.2. The lowest BCUT2D eigenvalue weighted by molar-refractivity contribution is 0.261. The lowest BCUT2D eigenvalue weighted by Gasteiger charge is -2.28. The van der Waals surface area contributed by atoms with Gasteiger partial charge in [0.1, 0.15) is 10.8 Å². The highest BCUT2D eigenvalue weighted by molar-refractivity contribution is 7.89. The van der Waals surface area contributed by atoms with E-state index >= 15 is 0 Å². The minimum Gasteiger partial charge on any atom is -0.496 e. The molecular weight excluding hydrogens is 454 g/mol. The summed E-state index contributed by atoms with van der Waals surface area (Å²) in [7, 11) is -2.09. The van der Waals surface area contributed by atoms with E-state index < -0.39 is 10.0 Å². The van der Waals surface area contributed by atoms with E-state index in [1.165, 1.54) is 4.31 Å². The summed E-state index contributed by atoms with van der Waals surface area (Å²) in [4.78, 5) is 8.52. The zero-order chi connectivity index (χ0) is 22.9. The first kappa shape index (κ1) is 22.5. The summed E-state index contributed by atoms with van der Waals surface area (Å²) in [5.74, 6) is 1.56. The molecule has 170 valence electrons. The van der Waals surface area contributed by atoms with Crippen molar-refractivity contribution in [1.29, 1.82) is 0 Å². The normalized spacial score (nSPS) is 14.4. The fourth-order valence-corrected chi connectivity index (χ4v) is 4.70. The topological polar surface area (TPSA) is 110 Å². The molecule has 1 N–H and O–H groups in total. The number of ether oxygens (including phenoxy) is 2. The monoisotopic (exact) mass is 477 g/mol. The molecule has 32 heavy (non-hydrogen) atoms. The number of nitrogens with one attached hydrogen (secondary N) is 1. The molecule has 4 rings (SSSR count). The van der Waals surface area contributed by atoms with Gasteiger partial charge in [-0.2, -0.15) is 14.4 Å². The lowest BCUT2D eigenvalue weighted by atomic mass is 10.0. The molecular formula is C21H24ClN5O4S. The Morgan fingerprint density at radius 2 is 2.00 bits per heavy atom. The number of hydrogen-bond donors (Lipinski definition) is 1. The maximum atomic E-state index is 12.5. The number of rotatable bonds is 8. The summed E-state index contributed by atoms with van der Waals surface area (Å²) < 4.78 is 37.6. The van der Waals surface area contributed by atoms with E-state index in [0.29, 0.717) is 47.8 Å². The molecule has 0 unspecified atom stereocenters. The van der Waals surface area contributed by atoms with Gasteiger partial charge >= 0.3 is 0 Å². The second kappa shape index (κ2) is 9.05. The molecule has 0 atom stereocenters. The number of benzene rings is 1. The van der Waals surface area contributed by atoms with Crippen LogP contribution in [0.25, 0.3) is 22.5 Å². The van der Waals surface area contributed by atoms with Crippen LogP contribution in [0, 0.1) is 5.92 Å². The molecule has 11 heteroatoms. The molecule has 0 spiro atoms. The van der Waals surface area contributed by atoms with Gasteiger partial charge in [0.2, 0.25) is 5.88 Å². The van der Waals surface area contributed by atoms with Gasteiger partial charge in [-0.25, -0.2) is 18.5 Å². The van der Waals surface area contributed by atoms with E-state index in [4.69, 9.17) is 21.1 Å². The third-order valence-electron chi connectivity index (χ3n) is 5.00. The van der Waals surface area contributed by atoms with Gasteiger partial charge in [-0.3, -0.25) is 0 Å². The van der Waals surface area contributed by atoms with Gasteiger partial charge in [-0.1, -0.05) is 31.5 Å². The average molecular weight is 478 g/mol. The minimum absolute atomic E-state index is 0.164. The molecule has 0 saturated carbocycles. The van der Waals surface area contributed by atoms with Gasteiger partial charge in [0.15, 0.2) is 5.82 Å². The summed E-state index contributed by atoms with van der Waals surface area (Å²) in [5.41, 5.74) is 2.14. The van der Waals surface area contributed by atoms with Gasteiger partial charge in [0.05, 0.1) is 13.7 Å². The number of sulfonamides is 1. The van der Waals surface area contributed by atoms with E-state index in [0.717, 1.165) is 17.5 Å². The Morgan fingerprint density at radius 1 is 1.22 bits per heavy atom. The Labute approximate surface area is 191 Å². The highest BCUT2D eigenvalue weighted by atomic mass is 35.5. The van der Waals surface area contributed by atoms with Crippen LogP contribution >= 0.6 is 11.6 Å². The Morgan fingerprint density at radius 3 is 2.62 bits per heavy atom. The Bertz CT molecular complexity index is 1220. The molecule has 0 bridgehead atoms. The average Bonchev–Trinajstić information content (AvgIpc) is 3.22. The Kier molecular flexibility index (Phi) is 6.36. The predicted octanol–water partition coefficient (Wildman–Crippen LogP) is 3.62. The van der Waals surface area contributed by atoms with Crippen LogP contribution in [-0.2, 0) is 10.0 Å². The van der Waals surface area contributed by atoms with Crippen LogP contribution in [-0.4, -0.2) is 59.7 Å². The van der Waals surface area contributed by atoms with Crippen molar-refractivity contribution in [3.63, 3.8) is 0 Å². The quantitative estimate of drug-likeness (QED) is 0.527. The van der Waals surface area contributed by atoms with E-state index in [9.17, 15) is 8.42 Å². The van der Waals surface area contributed by atoms with Crippen molar-refractivity contribution in [2.75, 3.05) is 26.8 Å². The van der Waals surface area contributed by atoms with Crippen LogP contribution in [0.15, 0.2) is 35.6 Å². The van der Waals surface area contributed by atoms with Crippen LogP contribution in [0.1, 0.15) is 20.3 Å². The number of halogens is 1. The maximum Gasteiger partial charge on any atom is 0.278 e. The molecule has 1 aromatic carbocycles. The minimum atomic E-state index is -3.64. The standard InChI is InChI=1S/C21H24ClN5O4S/c1-13(2)12-31-20-17(22)9-15(11-23-20)16-6-5-14(10-18(16)30-3)19-24-21(26-25-19)32(28,29)27-7-4-8-27/h5-6,9-11,13H,4,7-8,12H2,1-3H3,(H,24,25,26). The number of aromatic amines is 1. The van der Waals surface area contributed by atoms with Gasteiger partial charge in [-0.15, -0.1) is 0 Å². The van der Waals surface area contributed by atoms with E-state index in [1.807, 2.05) is 19.9 Å². The van der Waals surface area contributed by atoms with Crippen molar-refractivity contribution in [2.24, 2.45) is 5.92 Å². The molecule has 2 aromatic heterocycles. The van der Waals surface area contributed by atoms with Crippen LogP contribution in [0.3, 0.4) is 0 Å². The summed E-state index contributed by atoms with van der Waals surface area (Å²) >= 11 is 6.36. The molecule has 0 amide bonds. The third kappa shape index (κ3) is 4.43. The van der Waals surface area contributed by atoms with Gasteiger partial charge in [-0.05, 0) is 30.5 Å². The molecule has 1 aliphatic heterocycles. The summed E-state index contributed by atoms with van der Waals surface area (Å²) in [6, 6.07) is 7.14. The van der Waals surface area contributed by atoms with Crippen LogP contribution in [0.4, 0.5) is 0 Å². The van der Waals surface area contributed by atoms with Crippen LogP contribution in [0.2, 0.25) is 5.02 Å². The van der Waals surface area contributed by atoms with E-state index in [2.05, 4.69) is 20.2 Å². The lowest BCUT2D eigenvalue weighted by Crippen LogP contribution is -2.42. The molecule has 1 saturated heterocycles. The molecule has 9 nitrogen and oxygen atoms in total. The van der Waals surface area contributed by atoms with E-state index in [1.54, 1.807) is 31.5 Å². The number of methoxy groups -OCH3 is 1. The third-order valence-corrected chi connectivity index (χ3v) is 6.98. The van der Waals surface area contributed by atoms with Gasteiger partial charge in [0, 0.05) is 36.0 Å². The summed E-state index contributed by atoms with van der Waals surface area (Å²) in [5, 5.41) is 6.87. The molecule has 1 aliphatic rings. The predicted molar refractivity (Wildman–Crippen MR) is 120 cm³/mol. The highest BCUT2D eigenvalue weighted by Crippen LogP contribution is 2.36. The first-order valence-corrected chi connectivity index (χ1v) is 12.0. The zero-order valence-electron chi connectivity index (χ0n) is 18.0. The second-order valence-electron chi connectivity index (χ2n) is 7.85. The smallest absolute Gasteiger partial charge is 0.278 e. The molecule has 3 aromatic rings. The van der Waals surface area contributed by atoms with E-state index in [-0.39, 0.29) is 11.0 Å². The van der Waals surface area contributed by atoms with Crippen molar-refractivity contribution in [2.45, 2.75) is 25.4 Å². The number of nitrogens with zero attached hydrogens (tertiary/aromatic N) is 4. The highest BCUT2D eigenvalue weighted by Gasteiger charge is 2.32. The van der Waals surface area contributed by atoms with Crippen LogP contribution < -0.4 is 9.47 Å². The number of aromatic nitrogens is 4. The molecule has 1 fully saturated rings. The van der Waals surface area contributed by atoms with Crippen LogP contribution in [0.5, 0.6) is 11.6 Å². The largest absolute Gasteiger partial charge is 0.496 e. The maximum absolute atomic E-state index is 12.5. The number of hydrogen-bond acceptors (Lipinski definition) is 7. The number of pyridine rings is 1. The van der Waals surface area contributed by atoms with Crippen molar-refractivity contribution in [3.8, 4) is 34.1 Å². The van der Waals surface area contributed by atoms with Crippen molar-refractivity contribution < 1.29 is 17.9 Å². The van der Waals surface area contributed by atoms with Gasteiger partial charge < -0.3 is 9.47 Å².